The van der Waals surface area contributed by atoms with Gasteiger partial charge in [-0.2, -0.15) is 0 Å². The second-order valence-corrected chi connectivity index (χ2v) is 11.9. The predicted molar refractivity (Wildman–Crippen MR) is 155 cm³/mol. The normalized spacial score (nSPS) is 12.0. The van der Waals surface area contributed by atoms with Gasteiger partial charge in [-0.1, -0.05) is 55.0 Å². The van der Waals surface area contributed by atoms with E-state index in [1.807, 2.05) is 38.1 Å². The van der Waals surface area contributed by atoms with Crippen LogP contribution in [0.5, 0.6) is 0 Å². The summed E-state index contributed by atoms with van der Waals surface area (Å²) in [7, 11) is -4.05. The summed E-state index contributed by atoms with van der Waals surface area (Å²) in [6.45, 7) is 5.79. The Morgan fingerprint density at radius 1 is 0.973 bits per heavy atom. The highest BCUT2D eigenvalue weighted by molar-refractivity contribution is 14.1. The summed E-state index contributed by atoms with van der Waals surface area (Å²) >= 11 is 2.14. The van der Waals surface area contributed by atoms with Crippen LogP contribution in [0.1, 0.15) is 31.4 Å². The van der Waals surface area contributed by atoms with Crippen LogP contribution in [-0.2, 0) is 26.2 Å². The lowest BCUT2D eigenvalue weighted by molar-refractivity contribution is -0.139. The van der Waals surface area contributed by atoms with Gasteiger partial charge >= 0.3 is 0 Å². The number of anilines is 1. The summed E-state index contributed by atoms with van der Waals surface area (Å²) in [6.07, 6.45) is 0.764. The lowest BCUT2D eigenvalue weighted by atomic mass is 10.1. The molecule has 0 radical (unpaired) electrons. The molecule has 37 heavy (non-hydrogen) atoms. The number of sulfonamides is 1. The number of nitrogens with one attached hydrogen (secondary N) is 1. The van der Waals surface area contributed by atoms with Crippen LogP contribution in [0.4, 0.5) is 5.69 Å². The minimum absolute atomic E-state index is 0.0836. The molecular formula is C28H32IN3O4S. The van der Waals surface area contributed by atoms with Crippen LogP contribution >= 0.6 is 22.6 Å². The van der Waals surface area contributed by atoms with E-state index < -0.39 is 28.5 Å². The SMILES string of the molecule is CCCNC(=O)[C@H](C)N(Cc1cccc(C)c1)C(=O)CN(c1ccc(I)cc1)S(=O)(=O)c1ccccc1. The van der Waals surface area contributed by atoms with Crippen LogP contribution in [-0.4, -0.2) is 44.3 Å². The number of nitrogens with zero attached hydrogens (tertiary/aromatic N) is 2. The number of hydrogen-bond acceptors (Lipinski definition) is 4. The molecule has 7 nitrogen and oxygen atoms in total. The van der Waals surface area contributed by atoms with Gasteiger partial charge in [-0.3, -0.25) is 13.9 Å². The number of hydrogen-bond donors (Lipinski definition) is 1. The van der Waals surface area contributed by atoms with Crippen LogP contribution in [0, 0.1) is 10.5 Å². The van der Waals surface area contributed by atoms with Gasteiger partial charge in [0.1, 0.15) is 12.6 Å². The fourth-order valence-electron chi connectivity index (χ4n) is 3.84. The summed E-state index contributed by atoms with van der Waals surface area (Å²) in [4.78, 5) is 28.2. The number of halogens is 1. The summed E-state index contributed by atoms with van der Waals surface area (Å²) in [5.74, 6) is -0.756. The fraction of sp³-hybridized carbons (Fsp3) is 0.286. The van der Waals surface area contributed by atoms with Gasteiger partial charge in [-0.15, -0.1) is 0 Å². The number of aryl methyl sites for hydroxylation is 1. The quantitative estimate of drug-likeness (QED) is 0.310. The van der Waals surface area contributed by atoms with Gasteiger partial charge in [-0.25, -0.2) is 8.42 Å². The second kappa shape index (κ2) is 13.0. The van der Waals surface area contributed by atoms with Gasteiger partial charge in [-0.05, 0) is 84.8 Å². The maximum Gasteiger partial charge on any atom is 0.264 e. The molecule has 0 heterocycles. The molecule has 0 spiro atoms. The van der Waals surface area contributed by atoms with Crippen molar-refractivity contribution >= 4 is 50.1 Å². The Kier molecular flexibility index (Phi) is 10.1. The molecule has 0 saturated heterocycles. The Morgan fingerprint density at radius 3 is 2.27 bits per heavy atom. The first-order valence-corrected chi connectivity index (χ1v) is 14.6. The molecule has 3 rings (SSSR count). The van der Waals surface area contributed by atoms with Crippen molar-refractivity contribution in [1.29, 1.82) is 0 Å². The number of rotatable bonds is 11. The molecule has 3 aromatic carbocycles. The standard InChI is InChI=1S/C28H32IN3O4S/c1-4-17-30-28(34)22(3)31(19-23-10-8-9-21(2)18-23)27(33)20-32(25-15-13-24(29)14-16-25)37(35,36)26-11-6-5-7-12-26/h5-16,18,22H,4,17,19-20H2,1-3H3,(H,30,34)/t22-/m0/s1. The van der Waals surface area contributed by atoms with Gasteiger partial charge in [0.25, 0.3) is 10.0 Å². The number of carbonyl (C=O) groups excluding carboxylic acids is 2. The zero-order chi connectivity index (χ0) is 27.0. The van der Waals surface area contributed by atoms with Crippen molar-refractivity contribution in [3.05, 3.63) is 93.6 Å². The average Bonchev–Trinajstić information content (AvgIpc) is 2.89. The first kappa shape index (κ1) is 28.6. The summed E-state index contributed by atoms with van der Waals surface area (Å²) in [6, 6.07) is 21.9. The van der Waals surface area contributed by atoms with E-state index in [9.17, 15) is 18.0 Å². The molecular weight excluding hydrogens is 601 g/mol. The fourth-order valence-corrected chi connectivity index (χ4v) is 5.64. The second-order valence-electron chi connectivity index (χ2n) is 8.78. The highest BCUT2D eigenvalue weighted by Gasteiger charge is 2.32. The molecule has 0 bridgehead atoms. The van der Waals surface area contributed by atoms with E-state index in [-0.39, 0.29) is 17.3 Å². The average molecular weight is 634 g/mol. The van der Waals surface area contributed by atoms with E-state index in [1.54, 1.807) is 49.4 Å². The number of benzene rings is 3. The van der Waals surface area contributed by atoms with Gasteiger partial charge < -0.3 is 10.2 Å². The highest BCUT2D eigenvalue weighted by Crippen LogP contribution is 2.25. The third kappa shape index (κ3) is 7.54. The van der Waals surface area contributed by atoms with Crippen molar-refractivity contribution in [2.45, 2.75) is 44.7 Å². The number of amides is 2. The van der Waals surface area contributed by atoms with Crippen LogP contribution < -0.4 is 9.62 Å². The van der Waals surface area contributed by atoms with E-state index in [1.165, 1.54) is 17.0 Å². The van der Waals surface area contributed by atoms with E-state index in [2.05, 4.69) is 27.9 Å². The molecule has 3 aromatic rings. The molecule has 1 atom stereocenters. The van der Waals surface area contributed by atoms with Gasteiger partial charge in [0, 0.05) is 16.7 Å². The Bertz CT molecular complexity index is 1310. The Labute approximate surface area is 233 Å². The highest BCUT2D eigenvalue weighted by atomic mass is 127. The van der Waals surface area contributed by atoms with Crippen molar-refractivity contribution in [2.24, 2.45) is 0 Å². The third-order valence-electron chi connectivity index (χ3n) is 5.88. The smallest absolute Gasteiger partial charge is 0.264 e. The van der Waals surface area contributed by atoms with Gasteiger partial charge in [0.15, 0.2) is 0 Å². The van der Waals surface area contributed by atoms with Crippen molar-refractivity contribution in [3.8, 4) is 0 Å². The van der Waals surface area contributed by atoms with Crippen LogP contribution in [0.2, 0.25) is 0 Å². The van der Waals surface area contributed by atoms with Crippen molar-refractivity contribution < 1.29 is 18.0 Å². The molecule has 0 aromatic heterocycles. The lowest BCUT2D eigenvalue weighted by Gasteiger charge is -2.32. The molecule has 2 amide bonds. The molecule has 0 aliphatic rings. The Morgan fingerprint density at radius 2 is 1.65 bits per heavy atom. The molecule has 0 unspecified atom stereocenters. The molecule has 1 N–H and O–H groups in total. The first-order valence-electron chi connectivity index (χ1n) is 12.1. The third-order valence-corrected chi connectivity index (χ3v) is 8.38. The maximum absolute atomic E-state index is 13.8. The maximum atomic E-state index is 13.8. The molecule has 0 aliphatic carbocycles. The summed E-state index contributed by atoms with van der Waals surface area (Å²) in [5, 5.41) is 2.85. The monoisotopic (exact) mass is 633 g/mol. The summed E-state index contributed by atoms with van der Waals surface area (Å²) < 4.78 is 29.4. The van der Waals surface area contributed by atoms with Crippen LogP contribution in [0.25, 0.3) is 0 Å². The molecule has 9 heteroatoms. The lowest BCUT2D eigenvalue weighted by Crippen LogP contribution is -2.51. The predicted octanol–water partition coefficient (Wildman–Crippen LogP) is 4.74. The van der Waals surface area contributed by atoms with Crippen LogP contribution in [0.15, 0.2) is 83.8 Å². The van der Waals surface area contributed by atoms with Gasteiger partial charge in [0.05, 0.1) is 10.6 Å². The largest absolute Gasteiger partial charge is 0.354 e. The van der Waals surface area contributed by atoms with Crippen molar-refractivity contribution in [3.63, 3.8) is 0 Å². The zero-order valence-corrected chi connectivity index (χ0v) is 24.2. The van der Waals surface area contributed by atoms with Crippen molar-refractivity contribution in [2.75, 3.05) is 17.4 Å². The first-order chi connectivity index (χ1) is 17.6. The topological polar surface area (TPSA) is 86.8 Å². The molecule has 0 saturated carbocycles. The molecule has 196 valence electrons. The minimum Gasteiger partial charge on any atom is -0.354 e. The zero-order valence-electron chi connectivity index (χ0n) is 21.2. The number of carbonyl (C=O) groups is 2. The van der Waals surface area contributed by atoms with E-state index in [4.69, 9.17) is 0 Å². The minimum atomic E-state index is -4.05. The van der Waals surface area contributed by atoms with Crippen molar-refractivity contribution in [1.82, 2.24) is 10.2 Å². The van der Waals surface area contributed by atoms with E-state index >= 15 is 0 Å². The van der Waals surface area contributed by atoms with E-state index in [0.717, 1.165) is 25.4 Å². The van der Waals surface area contributed by atoms with Crippen LogP contribution in [0.3, 0.4) is 0 Å². The Balaban J connectivity index is 2.00. The summed E-state index contributed by atoms with van der Waals surface area (Å²) in [5.41, 5.74) is 2.26. The Hall–Kier alpha value is -2.92. The molecule has 0 fully saturated rings. The van der Waals surface area contributed by atoms with E-state index in [0.29, 0.717) is 12.2 Å². The molecule has 0 aliphatic heterocycles. The van der Waals surface area contributed by atoms with Gasteiger partial charge in [0.2, 0.25) is 11.8 Å².